The third kappa shape index (κ3) is 2.13. The van der Waals surface area contributed by atoms with Crippen LogP contribution in [0.5, 0.6) is 0 Å². The van der Waals surface area contributed by atoms with Gasteiger partial charge in [0.1, 0.15) is 0 Å². The van der Waals surface area contributed by atoms with Crippen molar-refractivity contribution in [2.75, 3.05) is 29.5 Å². The van der Waals surface area contributed by atoms with Crippen LogP contribution in [0.4, 0.5) is 5.95 Å². The lowest BCUT2D eigenvalue weighted by Crippen LogP contribution is -2.29. The molecule has 0 radical (unpaired) electrons. The van der Waals surface area contributed by atoms with Gasteiger partial charge in [-0.2, -0.15) is 0 Å². The minimum Gasteiger partial charge on any atom is -0.477 e. The van der Waals surface area contributed by atoms with Gasteiger partial charge in [0.2, 0.25) is 5.95 Å². The number of carboxylic acid groups (broad SMARTS) is 1. The van der Waals surface area contributed by atoms with Crippen LogP contribution in [-0.4, -0.2) is 54.1 Å². The summed E-state index contributed by atoms with van der Waals surface area (Å²) < 4.78 is 23.4. The summed E-state index contributed by atoms with van der Waals surface area (Å²) in [7, 11) is -2.95. The average Bonchev–Trinajstić information content (AvgIpc) is 2.75. The van der Waals surface area contributed by atoms with Crippen LogP contribution >= 0.6 is 0 Å². The van der Waals surface area contributed by atoms with E-state index < -0.39 is 15.8 Å². The van der Waals surface area contributed by atoms with Crippen LogP contribution in [0.3, 0.4) is 0 Å². The van der Waals surface area contributed by atoms with Gasteiger partial charge in [-0.15, -0.1) is 0 Å². The van der Waals surface area contributed by atoms with E-state index in [0.29, 0.717) is 19.0 Å². The molecule has 1 aromatic rings. The van der Waals surface area contributed by atoms with Crippen molar-refractivity contribution in [2.24, 2.45) is 11.3 Å². The zero-order chi connectivity index (χ0) is 14.5. The van der Waals surface area contributed by atoms with Crippen LogP contribution in [0.15, 0.2) is 12.3 Å². The molecule has 0 unspecified atom stereocenters. The molecule has 2 fully saturated rings. The van der Waals surface area contributed by atoms with Gasteiger partial charge >= 0.3 is 5.97 Å². The third-order valence-corrected chi connectivity index (χ3v) is 6.14. The molecule has 108 valence electrons. The largest absolute Gasteiger partial charge is 0.477 e. The van der Waals surface area contributed by atoms with Crippen molar-refractivity contribution in [2.45, 2.75) is 6.92 Å². The van der Waals surface area contributed by atoms with Crippen molar-refractivity contribution < 1.29 is 18.3 Å². The molecule has 0 aromatic carbocycles. The molecule has 1 aromatic heterocycles. The number of aromatic nitrogens is 2. The number of fused-ring (bicyclic) bond motifs is 1. The standard InChI is InChI=1S/C12H15N3O4S/c1-12-6-15(4-8(12)5-20(18,19)7-12)11-13-3-2-9(14-11)10(16)17/h2-3,8H,4-7H2,1H3,(H,16,17)/t8-,12+/m0/s1. The summed E-state index contributed by atoms with van der Waals surface area (Å²) in [6, 6.07) is 1.34. The fourth-order valence-corrected chi connectivity index (χ4v) is 5.74. The summed E-state index contributed by atoms with van der Waals surface area (Å²) in [6.07, 6.45) is 1.42. The number of hydrogen-bond donors (Lipinski definition) is 1. The lowest BCUT2D eigenvalue weighted by molar-refractivity contribution is 0.0690. The SMILES string of the molecule is C[C@]12CN(c3nccc(C(=O)O)n3)C[C@H]1CS(=O)(=O)C2. The van der Waals surface area contributed by atoms with Crippen LogP contribution in [-0.2, 0) is 9.84 Å². The minimum atomic E-state index is -2.95. The fraction of sp³-hybridized carbons (Fsp3) is 0.583. The van der Waals surface area contributed by atoms with Crippen molar-refractivity contribution >= 4 is 21.8 Å². The highest BCUT2D eigenvalue weighted by molar-refractivity contribution is 7.91. The Balaban J connectivity index is 1.86. The summed E-state index contributed by atoms with van der Waals surface area (Å²) in [5.41, 5.74) is -0.341. The predicted octanol–water partition coefficient (Wildman–Crippen LogP) is 0.0457. The van der Waals surface area contributed by atoms with Crippen LogP contribution in [0.25, 0.3) is 0 Å². The maximum Gasteiger partial charge on any atom is 0.354 e. The molecule has 8 heteroatoms. The Morgan fingerprint density at radius 2 is 2.30 bits per heavy atom. The van der Waals surface area contributed by atoms with Crippen molar-refractivity contribution in [3.05, 3.63) is 18.0 Å². The summed E-state index contributed by atoms with van der Waals surface area (Å²) in [5, 5.41) is 8.94. The summed E-state index contributed by atoms with van der Waals surface area (Å²) >= 11 is 0. The molecule has 2 aliphatic heterocycles. The van der Waals surface area contributed by atoms with Gasteiger partial charge in [-0.05, 0) is 12.0 Å². The smallest absolute Gasteiger partial charge is 0.354 e. The second kappa shape index (κ2) is 4.15. The monoisotopic (exact) mass is 297 g/mol. The number of hydrogen-bond acceptors (Lipinski definition) is 6. The predicted molar refractivity (Wildman–Crippen MR) is 71.5 cm³/mol. The normalized spacial score (nSPS) is 31.2. The van der Waals surface area contributed by atoms with Gasteiger partial charge in [0.25, 0.3) is 0 Å². The highest BCUT2D eigenvalue weighted by Gasteiger charge is 2.52. The number of nitrogens with zero attached hydrogens (tertiary/aromatic N) is 3. The second-order valence-corrected chi connectivity index (χ2v) is 7.94. The van der Waals surface area contributed by atoms with Gasteiger partial charge in [0.15, 0.2) is 15.5 Å². The zero-order valence-corrected chi connectivity index (χ0v) is 11.8. The molecular weight excluding hydrogens is 282 g/mol. The molecule has 2 aliphatic rings. The van der Waals surface area contributed by atoms with Crippen molar-refractivity contribution in [1.29, 1.82) is 0 Å². The third-order valence-electron chi connectivity index (χ3n) is 4.13. The van der Waals surface area contributed by atoms with E-state index in [1.807, 2.05) is 11.8 Å². The van der Waals surface area contributed by atoms with E-state index in [4.69, 9.17) is 5.11 Å². The van der Waals surface area contributed by atoms with E-state index in [1.54, 1.807) is 0 Å². The van der Waals surface area contributed by atoms with Gasteiger partial charge in [0.05, 0.1) is 11.5 Å². The molecule has 3 rings (SSSR count). The fourth-order valence-electron chi connectivity index (χ4n) is 3.17. The Bertz CT molecular complexity index is 675. The molecule has 2 atom stereocenters. The molecule has 0 saturated carbocycles. The average molecular weight is 297 g/mol. The zero-order valence-electron chi connectivity index (χ0n) is 11.0. The molecule has 1 N–H and O–H groups in total. The maximum atomic E-state index is 11.7. The van der Waals surface area contributed by atoms with Crippen LogP contribution < -0.4 is 4.90 Å². The molecule has 2 saturated heterocycles. The first kappa shape index (κ1) is 13.3. The molecule has 7 nitrogen and oxygen atoms in total. The second-order valence-electron chi connectivity index (χ2n) is 5.83. The van der Waals surface area contributed by atoms with Crippen molar-refractivity contribution in [3.8, 4) is 0 Å². The number of sulfone groups is 1. The van der Waals surface area contributed by atoms with Gasteiger partial charge < -0.3 is 10.0 Å². The van der Waals surface area contributed by atoms with E-state index in [0.717, 1.165) is 0 Å². The lowest BCUT2D eigenvalue weighted by atomic mass is 9.84. The molecule has 0 aliphatic carbocycles. The van der Waals surface area contributed by atoms with E-state index in [2.05, 4.69) is 9.97 Å². The highest BCUT2D eigenvalue weighted by Crippen LogP contribution is 2.44. The first-order valence-corrected chi connectivity index (χ1v) is 8.13. The first-order chi connectivity index (χ1) is 9.29. The topological polar surface area (TPSA) is 100 Å². The van der Waals surface area contributed by atoms with Gasteiger partial charge in [0, 0.05) is 24.7 Å². The molecule has 0 spiro atoms. The minimum absolute atomic E-state index is 0.0511. The Hall–Kier alpha value is -1.70. The van der Waals surface area contributed by atoms with Gasteiger partial charge in [-0.25, -0.2) is 23.2 Å². The molecular formula is C12H15N3O4S. The van der Waals surface area contributed by atoms with Crippen LogP contribution in [0, 0.1) is 11.3 Å². The Labute approximate surface area is 116 Å². The molecule has 20 heavy (non-hydrogen) atoms. The van der Waals surface area contributed by atoms with E-state index in [1.165, 1.54) is 12.3 Å². The van der Waals surface area contributed by atoms with E-state index in [-0.39, 0.29) is 28.5 Å². The van der Waals surface area contributed by atoms with Gasteiger partial charge in [-0.1, -0.05) is 6.92 Å². The number of anilines is 1. The molecule has 3 heterocycles. The number of aromatic carboxylic acids is 1. The Kier molecular flexibility index (Phi) is 2.75. The van der Waals surface area contributed by atoms with Gasteiger partial charge in [-0.3, -0.25) is 0 Å². The number of rotatable bonds is 2. The van der Waals surface area contributed by atoms with E-state index >= 15 is 0 Å². The number of carbonyl (C=O) groups is 1. The summed E-state index contributed by atoms with van der Waals surface area (Å²) in [5.74, 6) is -0.303. The number of carboxylic acids is 1. The molecule has 0 bridgehead atoms. The van der Waals surface area contributed by atoms with E-state index in [9.17, 15) is 13.2 Å². The van der Waals surface area contributed by atoms with Crippen molar-refractivity contribution in [3.63, 3.8) is 0 Å². The van der Waals surface area contributed by atoms with Crippen LogP contribution in [0.2, 0.25) is 0 Å². The Morgan fingerprint density at radius 1 is 1.55 bits per heavy atom. The highest BCUT2D eigenvalue weighted by atomic mass is 32.2. The first-order valence-electron chi connectivity index (χ1n) is 6.31. The van der Waals surface area contributed by atoms with Crippen molar-refractivity contribution in [1.82, 2.24) is 9.97 Å². The maximum absolute atomic E-state index is 11.7. The summed E-state index contributed by atoms with van der Waals surface area (Å²) in [4.78, 5) is 20.9. The summed E-state index contributed by atoms with van der Waals surface area (Å²) in [6.45, 7) is 3.06. The Morgan fingerprint density at radius 3 is 2.95 bits per heavy atom. The lowest BCUT2D eigenvalue weighted by Gasteiger charge is -2.21. The molecule has 0 amide bonds. The quantitative estimate of drug-likeness (QED) is 0.822. The van der Waals surface area contributed by atoms with Crippen LogP contribution in [0.1, 0.15) is 17.4 Å².